The van der Waals surface area contributed by atoms with E-state index in [1.165, 1.54) is 87.2 Å². The van der Waals surface area contributed by atoms with Crippen molar-refractivity contribution >= 4 is 53.9 Å². The van der Waals surface area contributed by atoms with Crippen LogP contribution in [0, 0.1) is 0 Å². The minimum atomic E-state index is 0.885. The summed E-state index contributed by atoms with van der Waals surface area (Å²) in [7, 11) is 0. The largest absolute Gasteiger partial charge is 0.0616 e. The second-order valence-electron chi connectivity index (χ2n) is 12.2. The molecule has 0 aliphatic heterocycles. The van der Waals surface area contributed by atoms with E-state index in [-0.39, 0.29) is 0 Å². The molecule has 0 heterocycles. The predicted molar refractivity (Wildman–Crippen MR) is 194 cm³/mol. The van der Waals surface area contributed by atoms with Gasteiger partial charge in [-0.15, -0.1) is 0 Å². The Labute approximate surface area is 262 Å². The second-order valence-corrected chi connectivity index (χ2v) is 12.2. The van der Waals surface area contributed by atoms with E-state index in [1.807, 2.05) is 0 Å². The Morgan fingerprint density at radius 3 is 1.24 bits per heavy atom. The number of fused-ring (bicyclic) bond motifs is 5. The van der Waals surface area contributed by atoms with Gasteiger partial charge in [-0.3, -0.25) is 0 Å². The molecule has 0 radical (unpaired) electrons. The smallest absolute Gasteiger partial charge is 0.00253 e. The third kappa shape index (κ3) is 4.46. The topological polar surface area (TPSA) is 0 Å². The molecule has 0 unspecified atom stereocenters. The molecule has 0 aliphatic rings. The molecule has 9 aromatic rings. The molecule has 0 aromatic heterocycles. The van der Waals surface area contributed by atoms with Crippen LogP contribution in [-0.2, 0) is 6.42 Å². The van der Waals surface area contributed by atoms with Crippen molar-refractivity contribution < 1.29 is 0 Å². The van der Waals surface area contributed by atoms with Crippen LogP contribution in [0.5, 0.6) is 0 Å². The number of rotatable bonds is 4. The Kier molecular flexibility index (Phi) is 5.99. The molecule has 0 atom stereocenters. The summed E-state index contributed by atoms with van der Waals surface area (Å²) in [6.07, 6.45) is 0.885. The maximum absolute atomic E-state index is 2.45. The minimum absolute atomic E-state index is 0.885. The van der Waals surface area contributed by atoms with Crippen LogP contribution in [0.1, 0.15) is 11.1 Å². The first-order valence-electron chi connectivity index (χ1n) is 15.7. The first kappa shape index (κ1) is 25.7. The predicted octanol–water partition coefficient (Wildman–Crippen LogP) is 12.4. The highest BCUT2D eigenvalue weighted by molar-refractivity contribution is 6.22. The standard InChI is InChI=1S/C45H30/c1-4-12-35-26-30(17-19-32(35)9-1)25-31-18-24-42-43(27-31)45(39-23-21-34-11-3-6-14-37(34)29-39)41-16-8-7-15-40(41)44(42)38-22-20-33-10-2-5-13-36(33)28-38/h1-24,26-29H,25H2. The van der Waals surface area contributed by atoms with Crippen molar-refractivity contribution in [1.29, 1.82) is 0 Å². The molecule has 9 rings (SSSR count). The molecule has 210 valence electrons. The fraction of sp³-hybridized carbons (Fsp3) is 0.0222. The molecule has 0 bridgehead atoms. The van der Waals surface area contributed by atoms with Crippen LogP contribution < -0.4 is 0 Å². The summed E-state index contributed by atoms with van der Waals surface area (Å²) < 4.78 is 0. The van der Waals surface area contributed by atoms with Gasteiger partial charge in [0, 0.05) is 0 Å². The van der Waals surface area contributed by atoms with Gasteiger partial charge in [-0.1, -0.05) is 158 Å². The van der Waals surface area contributed by atoms with Crippen LogP contribution in [0.25, 0.3) is 76.1 Å². The zero-order valence-electron chi connectivity index (χ0n) is 24.9. The first-order chi connectivity index (χ1) is 22.3. The monoisotopic (exact) mass is 570 g/mol. The van der Waals surface area contributed by atoms with Crippen molar-refractivity contribution in [1.82, 2.24) is 0 Å². The van der Waals surface area contributed by atoms with E-state index in [2.05, 4.69) is 170 Å². The molecule has 0 heteroatoms. The molecule has 0 saturated heterocycles. The molecule has 0 fully saturated rings. The van der Waals surface area contributed by atoms with Crippen LogP contribution in [0.2, 0.25) is 0 Å². The van der Waals surface area contributed by atoms with Crippen LogP contribution in [0.4, 0.5) is 0 Å². The Morgan fingerprint density at radius 1 is 0.267 bits per heavy atom. The Hall–Kier alpha value is -5.72. The van der Waals surface area contributed by atoms with E-state index < -0.39 is 0 Å². The summed E-state index contributed by atoms with van der Waals surface area (Å²) >= 11 is 0. The quantitative estimate of drug-likeness (QED) is 0.185. The molecule has 0 nitrogen and oxygen atoms in total. The maximum Gasteiger partial charge on any atom is -0.00253 e. The number of benzene rings is 9. The molecule has 0 spiro atoms. The van der Waals surface area contributed by atoms with Gasteiger partial charge >= 0.3 is 0 Å². The lowest BCUT2D eigenvalue weighted by Crippen LogP contribution is -1.94. The van der Waals surface area contributed by atoms with E-state index in [0.29, 0.717) is 0 Å². The molecule has 45 heavy (non-hydrogen) atoms. The van der Waals surface area contributed by atoms with Crippen molar-refractivity contribution in [3.63, 3.8) is 0 Å². The second kappa shape index (κ2) is 10.5. The van der Waals surface area contributed by atoms with E-state index in [0.717, 1.165) is 6.42 Å². The van der Waals surface area contributed by atoms with E-state index in [1.54, 1.807) is 0 Å². The lowest BCUT2D eigenvalue weighted by atomic mass is 9.84. The van der Waals surface area contributed by atoms with E-state index in [4.69, 9.17) is 0 Å². The van der Waals surface area contributed by atoms with Gasteiger partial charge in [-0.2, -0.15) is 0 Å². The van der Waals surface area contributed by atoms with Crippen molar-refractivity contribution in [2.24, 2.45) is 0 Å². The van der Waals surface area contributed by atoms with Crippen molar-refractivity contribution in [3.05, 3.63) is 181 Å². The highest BCUT2D eigenvalue weighted by atomic mass is 14.2. The Morgan fingerprint density at radius 2 is 0.667 bits per heavy atom. The summed E-state index contributed by atoms with van der Waals surface area (Å²) in [5.41, 5.74) is 7.75. The average Bonchev–Trinajstić information content (AvgIpc) is 3.10. The summed E-state index contributed by atoms with van der Waals surface area (Å²) in [6.45, 7) is 0. The highest BCUT2D eigenvalue weighted by Gasteiger charge is 2.18. The minimum Gasteiger partial charge on any atom is -0.0616 e. The summed E-state index contributed by atoms with van der Waals surface area (Å²) in [5.74, 6) is 0. The highest BCUT2D eigenvalue weighted by Crippen LogP contribution is 2.45. The van der Waals surface area contributed by atoms with Crippen LogP contribution in [0.3, 0.4) is 0 Å². The number of hydrogen-bond donors (Lipinski definition) is 0. The lowest BCUT2D eigenvalue weighted by molar-refractivity contribution is 1.21. The zero-order chi connectivity index (χ0) is 29.7. The first-order valence-corrected chi connectivity index (χ1v) is 15.7. The van der Waals surface area contributed by atoms with Gasteiger partial charge < -0.3 is 0 Å². The van der Waals surface area contributed by atoms with Gasteiger partial charge in [-0.05, 0) is 106 Å². The number of hydrogen-bond acceptors (Lipinski definition) is 0. The fourth-order valence-electron chi connectivity index (χ4n) is 7.23. The van der Waals surface area contributed by atoms with Crippen LogP contribution in [0.15, 0.2) is 170 Å². The molecular weight excluding hydrogens is 540 g/mol. The lowest BCUT2D eigenvalue weighted by Gasteiger charge is -2.19. The van der Waals surface area contributed by atoms with Gasteiger partial charge in [-0.25, -0.2) is 0 Å². The SMILES string of the molecule is c1ccc2cc(Cc3ccc4c(-c5ccc6ccccc6c5)c5ccccc5c(-c5ccc6ccccc6c5)c4c3)ccc2c1. The maximum atomic E-state index is 2.45. The normalized spacial score (nSPS) is 11.6. The van der Waals surface area contributed by atoms with Crippen molar-refractivity contribution in [3.8, 4) is 22.3 Å². The summed E-state index contributed by atoms with van der Waals surface area (Å²) in [6, 6.07) is 62.8. The molecule has 0 aliphatic carbocycles. The van der Waals surface area contributed by atoms with Gasteiger partial charge in [0.05, 0.1) is 0 Å². The van der Waals surface area contributed by atoms with Gasteiger partial charge in [0.2, 0.25) is 0 Å². The average molecular weight is 571 g/mol. The van der Waals surface area contributed by atoms with E-state index in [9.17, 15) is 0 Å². The van der Waals surface area contributed by atoms with Gasteiger partial charge in [0.25, 0.3) is 0 Å². The summed E-state index contributed by atoms with van der Waals surface area (Å²) in [5, 5.41) is 12.8. The Balaban J connectivity index is 1.33. The zero-order valence-corrected chi connectivity index (χ0v) is 24.9. The molecule has 0 N–H and O–H groups in total. The molecular formula is C45H30. The third-order valence-corrected chi connectivity index (χ3v) is 9.39. The van der Waals surface area contributed by atoms with Crippen molar-refractivity contribution in [2.45, 2.75) is 6.42 Å². The van der Waals surface area contributed by atoms with Gasteiger partial charge in [0.1, 0.15) is 0 Å². The molecule has 0 saturated carbocycles. The molecule has 0 amide bonds. The third-order valence-electron chi connectivity index (χ3n) is 9.39. The van der Waals surface area contributed by atoms with Crippen molar-refractivity contribution in [2.75, 3.05) is 0 Å². The van der Waals surface area contributed by atoms with Gasteiger partial charge in [0.15, 0.2) is 0 Å². The van der Waals surface area contributed by atoms with E-state index >= 15 is 0 Å². The van der Waals surface area contributed by atoms with Crippen LogP contribution in [-0.4, -0.2) is 0 Å². The fourth-order valence-corrected chi connectivity index (χ4v) is 7.23. The molecule has 9 aromatic carbocycles. The Bertz CT molecular complexity index is 2570. The van der Waals surface area contributed by atoms with Crippen LogP contribution >= 0.6 is 0 Å². The summed E-state index contributed by atoms with van der Waals surface area (Å²) in [4.78, 5) is 0.